The summed E-state index contributed by atoms with van der Waals surface area (Å²) in [6.07, 6.45) is 0. The van der Waals surface area contributed by atoms with Crippen molar-refractivity contribution < 1.29 is 19.0 Å². The third kappa shape index (κ3) is 4.24. The second-order valence-corrected chi connectivity index (χ2v) is 6.69. The van der Waals surface area contributed by atoms with Gasteiger partial charge in [0.1, 0.15) is 25.5 Å². The third-order valence-electron chi connectivity index (χ3n) is 4.31. The maximum Gasteiger partial charge on any atom is 0.244 e. The molecule has 1 aliphatic heterocycles. The van der Waals surface area contributed by atoms with Crippen LogP contribution < -0.4 is 19.5 Å². The van der Waals surface area contributed by atoms with Gasteiger partial charge in [-0.2, -0.15) is 5.10 Å². The molecule has 0 fully saturated rings. The van der Waals surface area contributed by atoms with E-state index in [1.165, 1.54) is 0 Å². The molecule has 2 N–H and O–H groups in total. The molecule has 0 radical (unpaired) electrons. The number of hydrogen-bond donors (Lipinski definition) is 2. The number of fused-ring (bicyclic) bond motifs is 1. The summed E-state index contributed by atoms with van der Waals surface area (Å²) in [6, 6.07) is 12.8. The topological polar surface area (TPSA) is 90.4 Å². The standard InChI is InChI=1S/C20H20N4O4S/c1-2-26-15-6-3-13(4-7-15)19-22-23-20(29)24(19)12-18(25)21-14-5-8-16-17(11-14)28-10-9-27-16/h3-8,11H,2,9-10,12H2,1H3,(H,21,25)(H,23,29). The molecular formula is C20H20N4O4S. The molecule has 0 unspecified atom stereocenters. The van der Waals surface area contributed by atoms with Gasteiger partial charge in [0.2, 0.25) is 5.91 Å². The lowest BCUT2D eigenvalue weighted by Crippen LogP contribution is -2.20. The first kappa shape index (κ1) is 19.0. The van der Waals surface area contributed by atoms with Crippen molar-refractivity contribution in [3.63, 3.8) is 0 Å². The quantitative estimate of drug-likeness (QED) is 0.603. The van der Waals surface area contributed by atoms with E-state index in [2.05, 4.69) is 15.5 Å². The Hall–Kier alpha value is -3.33. The average Bonchev–Trinajstić information content (AvgIpc) is 3.09. The number of aromatic amines is 1. The van der Waals surface area contributed by atoms with Gasteiger partial charge in [0.15, 0.2) is 22.1 Å². The Morgan fingerprint density at radius 1 is 1.21 bits per heavy atom. The molecule has 1 aromatic heterocycles. The van der Waals surface area contributed by atoms with E-state index in [9.17, 15) is 4.79 Å². The van der Waals surface area contributed by atoms with Crippen LogP contribution in [0.2, 0.25) is 0 Å². The molecule has 2 aromatic carbocycles. The van der Waals surface area contributed by atoms with E-state index >= 15 is 0 Å². The van der Waals surface area contributed by atoms with Gasteiger partial charge < -0.3 is 19.5 Å². The van der Waals surface area contributed by atoms with E-state index in [-0.39, 0.29) is 12.5 Å². The lowest BCUT2D eigenvalue weighted by molar-refractivity contribution is -0.116. The molecule has 0 atom stereocenters. The molecule has 0 aliphatic carbocycles. The minimum absolute atomic E-state index is 0.0202. The van der Waals surface area contributed by atoms with Crippen LogP contribution in [0.3, 0.4) is 0 Å². The number of carbonyl (C=O) groups is 1. The summed E-state index contributed by atoms with van der Waals surface area (Å²) in [5.74, 6) is 2.41. The van der Waals surface area contributed by atoms with Crippen LogP contribution in [-0.2, 0) is 11.3 Å². The van der Waals surface area contributed by atoms with Crippen molar-refractivity contribution in [2.45, 2.75) is 13.5 Å². The van der Waals surface area contributed by atoms with Crippen LogP contribution in [0, 0.1) is 4.77 Å². The fraction of sp³-hybridized carbons (Fsp3) is 0.250. The Morgan fingerprint density at radius 2 is 1.97 bits per heavy atom. The van der Waals surface area contributed by atoms with Gasteiger partial charge in [-0.3, -0.25) is 14.5 Å². The number of nitrogens with zero attached hydrogens (tertiary/aromatic N) is 2. The van der Waals surface area contributed by atoms with Crippen molar-refractivity contribution in [2.75, 3.05) is 25.1 Å². The van der Waals surface area contributed by atoms with Gasteiger partial charge >= 0.3 is 0 Å². The molecular weight excluding hydrogens is 392 g/mol. The summed E-state index contributed by atoms with van der Waals surface area (Å²) in [5, 5.41) is 9.88. The molecule has 4 rings (SSSR count). The first-order valence-electron chi connectivity index (χ1n) is 9.22. The van der Waals surface area contributed by atoms with E-state index in [1.807, 2.05) is 31.2 Å². The Balaban J connectivity index is 1.50. The fourth-order valence-electron chi connectivity index (χ4n) is 3.02. The van der Waals surface area contributed by atoms with E-state index in [1.54, 1.807) is 22.8 Å². The van der Waals surface area contributed by atoms with E-state index < -0.39 is 0 Å². The van der Waals surface area contributed by atoms with E-state index in [4.69, 9.17) is 26.4 Å². The number of amides is 1. The zero-order valence-corrected chi connectivity index (χ0v) is 16.6. The minimum atomic E-state index is -0.230. The van der Waals surface area contributed by atoms with Gasteiger partial charge in [-0.1, -0.05) is 0 Å². The number of H-pyrrole nitrogens is 1. The predicted octanol–water partition coefficient (Wildman–Crippen LogP) is 3.42. The Labute approximate surface area is 172 Å². The molecule has 1 aliphatic rings. The number of nitrogens with one attached hydrogen (secondary N) is 2. The smallest absolute Gasteiger partial charge is 0.244 e. The summed E-state index contributed by atoms with van der Waals surface area (Å²) in [5.41, 5.74) is 1.45. The van der Waals surface area contributed by atoms with Crippen LogP contribution in [0.15, 0.2) is 42.5 Å². The first-order chi connectivity index (χ1) is 14.1. The number of hydrogen-bond acceptors (Lipinski definition) is 6. The number of rotatable bonds is 6. The van der Waals surface area contributed by atoms with Crippen LogP contribution in [0.25, 0.3) is 11.4 Å². The van der Waals surface area contributed by atoms with Crippen LogP contribution >= 0.6 is 12.2 Å². The largest absolute Gasteiger partial charge is 0.494 e. The predicted molar refractivity (Wildman–Crippen MR) is 110 cm³/mol. The molecule has 9 heteroatoms. The lowest BCUT2D eigenvalue weighted by Gasteiger charge is -2.19. The number of benzene rings is 2. The van der Waals surface area contributed by atoms with Crippen molar-refractivity contribution in [3.8, 4) is 28.6 Å². The molecule has 29 heavy (non-hydrogen) atoms. The molecule has 1 amide bonds. The van der Waals surface area contributed by atoms with Crippen LogP contribution in [0.4, 0.5) is 5.69 Å². The second kappa shape index (κ2) is 8.36. The van der Waals surface area contributed by atoms with Crippen molar-refractivity contribution >= 4 is 23.8 Å². The molecule has 150 valence electrons. The molecule has 0 saturated carbocycles. The van der Waals surface area contributed by atoms with E-state index in [0.717, 1.165) is 11.3 Å². The van der Waals surface area contributed by atoms with Gasteiger partial charge in [0, 0.05) is 17.3 Å². The molecule has 0 spiro atoms. The molecule has 0 bridgehead atoms. The maximum atomic E-state index is 12.6. The Bertz CT molecular complexity index is 1070. The van der Waals surface area contributed by atoms with Crippen LogP contribution in [0.1, 0.15) is 6.92 Å². The summed E-state index contributed by atoms with van der Waals surface area (Å²) >= 11 is 5.31. The van der Waals surface area contributed by atoms with Crippen LogP contribution in [0.5, 0.6) is 17.2 Å². The number of carbonyl (C=O) groups excluding carboxylic acids is 1. The zero-order valence-electron chi connectivity index (χ0n) is 15.8. The maximum absolute atomic E-state index is 12.6. The van der Waals surface area contributed by atoms with Crippen molar-refractivity contribution in [2.24, 2.45) is 0 Å². The molecule has 3 aromatic rings. The van der Waals surface area contributed by atoms with Gasteiger partial charge in [0.05, 0.1) is 6.61 Å². The van der Waals surface area contributed by atoms with Gasteiger partial charge in [-0.05, 0) is 55.5 Å². The third-order valence-corrected chi connectivity index (χ3v) is 4.62. The monoisotopic (exact) mass is 412 g/mol. The van der Waals surface area contributed by atoms with Gasteiger partial charge in [0.25, 0.3) is 0 Å². The Kier molecular flexibility index (Phi) is 5.48. The fourth-order valence-corrected chi connectivity index (χ4v) is 3.21. The number of anilines is 1. The SMILES string of the molecule is CCOc1ccc(-c2n[nH]c(=S)n2CC(=O)Nc2ccc3c(c2)OCCO3)cc1. The molecule has 8 nitrogen and oxygen atoms in total. The molecule has 2 heterocycles. The van der Waals surface area contributed by atoms with Crippen molar-refractivity contribution in [1.29, 1.82) is 0 Å². The Morgan fingerprint density at radius 3 is 2.72 bits per heavy atom. The highest BCUT2D eigenvalue weighted by atomic mass is 32.1. The summed E-state index contributed by atoms with van der Waals surface area (Å²) in [4.78, 5) is 12.6. The van der Waals surface area contributed by atoms with Gasteiger partial charge in [-0.25, -0.2) is 0 Å². The summed E-state index contributed by atoms with van der Waals surface area (Å²) in [7, 11) is 0. The normalized spacial score (nSPS) is 12.4. The first-order valence-corrected chi connectivity index (χ1v) is 9.63. The zero-order chi connectivity index (χ0) is 20.2. The minimum Gasteiger partial charge on any atom is -0.494 e. The lowest BCUT2D eigenvalue weighted by atomic mass is 10.2. The van der Waals surface area contributed by atoms with Crippen molar-refractivity contribution in [3.05, 3.63) is 47.2 Å². The van der Waals surface area contributed by atoms with Crippen LogP contribution in [-0.4, -0.2) is 40.5 Å². The highest BCUT2D eigenvalue weighted by molar-refractivity contribution is 7.71. The summed E-state index contributed by atoms with van der Waals surface area (Å²) < 4.78 is 18.5. The highest BCUT2D eigenvalue weighted by Gasteiger charge is 2.15. The summed E-state index contributed by atoms with van der Waals surface area (Å²) in [6.45, 7) is 3.55. The number of ether oxygens (including phenoxy) is 3. The average molecular weight is 412 g/mol. The van der Waals surface area contributed by atoms with E-state index in [0.29, 0.717) is 47.6 Å². The van der Waals surface area contributed by atoms with Gasteiger partial charge in [-0.15, -0.1) is 0 Å². The van der Waals surface area contributed by atoms with Crippen molar-refractivity contribution in [1.82, 2.24) is 14.8 Å². The molecule has 0 saturated heterocycles. The second-order valence-electron chi connectivity index (χ2n) is 6.30. The number of aromatic nitrogens is 3. The highest BCUT2D eigenvalue weighted by Crippen LogP contribution is 2.32.